The number of halogens is 1. The molecule has 0 aliphatic carbocycles. The Balaban J connectivity index is 2.27. The monoisotopic (exact) mass is 275 g/mol. The van der Waals surface area contributed by atoms with E-state index in [0.717, 1.165) is 22.4 Å². The Morgan fingerprint density at radius 2 is 2.43 bits per heavy atom. The molecule has 0 atom stereocenters. The normalized spacial score (nSPS) is 10.4. The smallest absolute Gasteiger partial charge is 0.139 e. The van der Waals surface area contributed by atoms with Crippen molar-refractivity contribution in [2.45, 2.75) is 19.8 Å². The second kappa shape index (κ2) is 6.32. The molecular formula is C10H14BrNOS. The summed E-state index contributed by atoms with van der Waals surface area (Å²) in [6, 6.07) is 2.01. The molecule has 0 bridgehead atoms. The topological polar surface area (TPSA) is 29.1 Å². The Morgan fingerprint density at radius 3 is 3.00 bits per heavy atom. The molecule has 0 saturated heterocycles. The highest BCUT2D eigenvalue weighted by atomic mass is 79.9. The van der Waals surface area contributed by atoms with Gasteiger partial charge in [-0.3, -0.25) is 4.79 Å². The molecule has 0 spiro atoms. The van der Waals surface area contributed by atoms with Crippen molar-refractivity contribution in [1.29, 1.82) is 0 Å². The number of nitrogens with one attached hydrogen (secondary N) is 1. The third kappa shape index (κ3) is 4.35. The summed E-state index contributed by atoms with van der Waals surface area (Å²) in [5.74, 6) is 0.306. The van der Waals surface area contributed by atoms with E-state index < -0.39 is 0 Å². The van der Waals surface area contributed by atoms with Gasteiger partial charge in [0.05, 0.1) is 0 Å². The Morgan fingerprint density at radius 1 is 1.64 bits per heavy atom. The van der Waals surface area contributed by atoms with E-state index in [2.05, 4.69) is 21.2 Å². The number of carbonyl (C=O) groups excluding carboxylic acids is 1. The lowest BCUT2D eigenvalue weighted by molar-refractivity contribution is -0.118. The quantitative estimate of drug-likeness (QED) is 0.809. The maximum atomic E-state index is 11.4. The fourth-order valence-electron chi connectivity index (χ4n) is 1.13. The summed E-state index contributed by atoms with van der Waals surface area (Å²) in [4.78, 5) is 12.6. The minimum atomic E-state index is 0.306. The van der Waals surface area contributed by atoms with Crippen LogP contribution in [0.1, 0.15) is 18.2 Å². The molecule has 2 nitrogen and oxygen atoms in total. The zero-order valence-electron chi connectivity index (χ0n) is 8.18. The average Bonchev–Trinajstić information content (AvgIpc) is 2.52. The Labute approximate surface area is 96.8 Å². The highest BCUT2D eigenvalue weighted by Crippen LogP contribution is 2.20. The van der Waals surface area contributed by atoms with Crippen molar-refractivity contribution in [2.24, 2.45) is 0 Å². The SMILES string of the molecule is CCNCCC(=O)Cc1cc(Br)cs1. The summed E-state index contributed by atoms with van der Waals surface area (Å²) in [7, 11) is 0. The first-order valence-electron chi connectivity index (χ1n) is 4.67. The van der Waals surface area contributed by atoms with Gasteiger partial charge in [0.25, 0.3) is 0 Å². The van der Waals surface area contributed by atoms with E-state index in [1.807, 2.05) is 18.4 Å². The van der Waals surface area contributed by atoms with Crippen molar-refractivity contribution >= 4 is 33.0 Å². The average molecular weight is 276 g/mol. The molecule has 0 saturated carbocycles. The molecule has 0 fully saturated rings. The van der Waals surface area contributed by atoms with Crippen LogP contribution in [0.2, 0.25) is 0 Å². The molecule has 78 valence electrons. The third-order valence-corrected chi connectivity index (χ3v) is 3.52. The van der Waals surface area contributed by atoms with Crippen molar-refractivity contribution in [3.63, 3.8) is 0 Å². The molecule has 0 aliphatic heterocycles. The van der Waals surface area contributed by atoms with E-state index in [-0.39, 0.29) is 0 Å². The van der Waals surface area contributed by atoms with Gasteiger partial charge in [-0.1, -0.05) is 6.92 Å². The van der Waals surface area contributed by atoms with Crippen LogP contribution in [-0.2, 0) is 11.2 Å². The van der Waals surface area contributed by atoms with Gasteiger partial charge in [0, 0.05) is 34.1 Å². The van der Waals surface area contributed by atoms with Crippen LogP contribution in [0.15, 0.2) is 15.9 Å². The summed E-state index contributed by atoms with van der Waals surface area (Å²) < 4.78 is 1.07. The fourth-order valence-corrected chi connectivity index (χ4v) is 2.61. The molecule has 1 aromatic heterocycles. The number of thiophene rings is 1. The number of hydrogen-bond donors (Lipinski definition) is 1. The van der Waals surface area contributed by atoms with Gasteiger partial charge in [-0.2, -0.15) is 0 Å². The zero-order chi connectivity index (χ0) is 10.4. The summed E-state index contributed by atoms with van der Waals surface area (Å²) in [6.45, 7) is 3.76. The summed E-state index contributed by atoms with van der Waals surface area (Å²) in [5, 5.41) is 5.15. The molecule has 0 unspecified atom stereocenters. The minimum Gasteiger partial charge on any atom is -0.317 e. The van der Waals surface area contributed by atoms with E-state index in [1.165, 1.54) is 0 Å². The lowest BCUT2D eigenvalue weighted by Gasteiger charge is -1.99. The van der Waals surface area contributed by atoms with Crippen LogP contribution in [0, 0.1) is 0 Å². The van der Waals surface area contributed by atoms with Gasteiger partial charge in [0.15, 0.2) is 0 Å². The molecule has 4 heteroatoms. The van der Waals surface area contributed by atoms with E-state index >= 15 is 0 Å². The predicted molar refractivity (Wildman–Crippen MR) is 63.9 cm³/mol. The van der Waals surface area contributed by atoms with E-state index in [4.69, 9.17) is 0 Å². The third-order valence-electron chi connectivity index (χ3n) is 1.82. The first kappa shape index (κ1) is 11.9. The molecule has 1 rings (SSSR count). The first-order chi connectivity index (χ1) is 6.72. The molecule has 14 heavy (non-hydrogen) atoms. The van der Waals surface area contributed by atoms with Crippen LogP contribution in [0.5, 0.6) is 0 Å². The summed E-state index contributed by atoms with van der Waals surface area (Å²) >= 11 is 5.00. The molecule has 1 heterocycles. The molecule has 1 N–H and O–H groups in total. The largest absolute Gasteiger partial charge is 0.317 e. The van der Waals surface area contributed by atoms with Crippen LogP contribution in [-0.4, -0.2) is 18.9 Å². The second-order valence-corrected chi connectivity index (χ2v) is 4.96. The van der Waals surface area contributed by atoms with Crippen LogP contribution in [0.3, 0.4) is 0 Å². The Hall–Kier alpha value is -0.190. The molecule has 0 aliphatic rings. The molecule has 0 aromatic carbocycles. The number of carbonyl (C=O) groups is 1. The van der Waals surface area contributed by atoms with Crippen molar-refractivity contribution in [3.8, 4) is 0 Å². The van der Waals surface area contributed by atoms with E-state index in [9.17, 15) is 4.79 Å². The van der Waals surface area contributed by atoms with E-state index in [0.29, 0.717) is 18.6 Å². The zero-order valence-corrected chi connectivity index (χ0v) is 10.6. The number of Topliss-reactive ketones (excluding diaryl/α,β-unsaturated/α-hetero) is 1. The fraction of sp³-hybridized carbons (Fsp3) is 0.500. The van der Waals surface area contributed by atoms with Crippen LogP contribution in [0.4, 0.5) is 0 Å². The highest BCUT2D eigenvalue weighted by Gasteiger charge is 2.05. The minimum absolute atomic E-state index is 0.306. The van der Waals surface area contributed by atoms with Crippen molar-refractivity contribution in [2.75, 3.05) is 13.1 Å². The predicted octanol–water partition coefficient (Wildman–Crippen LogP) is 2.62. The van der Waals surface area contributed by atoms with E-state index in [1.54, 1.807) is 11.3 Å². The summed E-state index contributed by atoms with van der Waals surface area (Å²) in [5.41, 5.74) is 0. The van der Waals surface area contributed by atoms with Gasteiger partial charge >= 0.3 is 0 Å². The lowest BCUT2D eigenvalue weighted by atomic mass is 10.2. The maximum absolute atomic E-state index is 11.4. The molecular weight excluding hydrogens is 262 g/mol. The second-order valence-electron chi connectivity index (χ2n) is 3.05. The Kier molecular flexibility index (Phi) is 5.37. The highest BCUT2D eigenvalue weighted by molar-refractivity contribution is 9.10. The van der Waals surface area contributed by atoms with Gasteiger partial charge in [0.1, 0.15) is 5.78 Å². The lowest BCUT2D eigenvalue weighted by Crippen LogP contribution is -2.18. The molecule has 0 radical (unpaired) electrons. The summed E-state index contributed by atoms with van der Waals surface area (Å²) in [6.07, 6.45) is 1.20. The number of hydrogen-bond acceptors (Lipinski definition) is 3. The van der Waals surface area contributed by atoms with Gasteiger partial charge in [-0.15, -0.1) is 11.3 Å². The van der Waals surface area contributed by atoms with Crippen LogP contribution in [0.25, 0.3) is 0 Å². The van der Waals surface area contributed by atoms with Gasteiger partial charge in [-0.05, 0) is 28.5 Å². The standard InChI is InChI=1S/C10H14BrNOS/c1-2-12-4-3-9(13)6-10-5-8(11)7-14-10/h5,7,12H,2-4,6H2,1H3. The number of rotatable bonds is 6. The van der Waals surface area contributed by atoms with Gasteiger partial charge in [-0.25, -0.2) is 0 Å². The van der Waals surface area contributed by atoms with Crippen molar-refractivity contribution in [3.05, 3.63) is 20.8 Å². The van der Waals surface area contributed by atoms with Crippen molar-refractivity contribution < 1.29 is 4.79 Å². The molecule has 0 amide bonds. The van der Waals surface area contributed by atoms with Crippen molar-refractivity contribution in [1.82, 2.24) is 5.32 Å². The van der Waals surface area contributed by atoms with Gasteiger partial charge in [0.2, 0.25) is 0 Å². The van der Waals surface area contributed by atoms with Crippen LogP contribution < -0.4 is 5.32 Å². The number of ketones is 1. The van der Waals surface area contributed by atoms with Crippen LogP contribution >= 0.6 is 27.3 Å². The Bertz CT molecular complexity index is 298. The first-order valence-corrected chi connectivity index (χ1v) is 6.35. The molecule has 1 aromatic rings. The maximum Gasteiger partial charge on any atom is 0.139 e. The van der Waals surface area contributed by atoms with Gasteiger partial charge < -0.3 is 5.32 Å².